The second-order valence-electron chi connectivity index (χ2n) is 4.81. The van der Waals surface area contributed by atoms with Crippen molar-refractivity contribution in [2.75, 3.05) is 11.9 Å². The van der Waals surface area contributed by atoms with Gasteiger partial charge in [-0.25, -0.2) is 4.98 Å². The molecule has 19 heavy (non-hydrogen) atoms. The second-order valence-corrected chi connectivity index (χ2v) is 5.25. The third kappa shape index (κ3) is 3.33. The number of hydrogen-bond acceptors (Lipinski definition) is 5. The summed E-state index contributed by atoms with van der Waals surface area (Å²) in [6.07, 6.45) is 6.00. The minimum Gasteiger partial charge on any atom is -0.360 e. The summed E-state index contributed by atoms with van der Waals surface area (Å²) in [5, 5.41) is 14.4. The SMILES string of the molecule is NCC(Nc1ncc(Cl)cc1[N+](=O)[O-])C1CCCC1. The van der Waals surface area contributed by atoms with Crippen LogP contribution in [0.3, 0.4) is 0 Å². The van der Waals surface area contributed by atoms with Gasteiger partial charge in [0.05, 0.1) is 9.95 Å². The van der Waals surface area contributed by atoms with E-state index in [1.807, 2.05) is 0 Å². The fourth-order valence-electron chi connectivity index (χ4n) is 2.58. The van der Waals surface area contributed by atoms with Crippen LogP contribution in [-0.4, -0.2) is 22.5 Å². The van der Waals surface area contributed by atoms with Gasteiger partial charge in [-0.1, -0.05) is 24.4 Å². The van der Waals surface area contributed by atoms with Crippen LogP contribution >= 0.6 is 11.6 Å². The summed E-state index contributed by atoms with van der Waals surface area (Å²) in [4.78, 5) is 14.5. The van der Waals surface area contributed by atoms with Crippen molar-refractivity contribution in [2.24, 2.45) is 11.7 Å². The quantitative estimate of drug-likeness (QED) is 0.640. The van der Waals surface area contributed by atoms with Crippen molar-refractivity contribution in [2.45, 2.75) is 31.7 Å². The number of nitrogens with one attached hydrogen (secondary N) is 1. The van der Waals surface area contributed by atoms with Gasteiger partial charge in [-0.3, -0.25) is 10.1 Å². The molecule has 1 heterocycles. The average molecular weight is 285 g/mol. The van der Waals surface area contributed by atoms with Crippen LogP contribution in [0.15, 0.2) is 12.3 Å². The van der Waals surface area contributed by atoms with Gasteiger partial charge in [0.25, 0.3) is 0 Å². The highest BCUT2D eigenvalue weighted by Gasteiger charge is 2.26. The molecule has 0 spiro atoms. The van der Waals surface area contributed by atoms with Crippen LogP contribution in [0.1, 0.15) is 25.7 Å². The third-order valence-electron chi connectivity index (χ3n) is 3.58. The lowest BCUT2D eigenvalue weighted by Gasteiger charge is -2.23. The van der Waals surface area contributed by atoms with Gasteiger partial charge in [-0.15, -0.1) is 0 Å². The van der Waals surface area contributed by atoms with Crippen LogP contribution in [0.2, 0.25) is 5.02 Å². The number of aromatic nitrogens is 1. The molecular formula is C12H17ClN4O2. The maximum absolute atomic E-state index is 11.0. The molecule has 1 atom stereocenters. The molecule has 1 saturated carbocycles. The van der Waals surface area contributed by atoms with E-state index in [0.717, 1.165) is 12.8 Å². The summed E-state index contributed by atoms with van der Waals surface area (Å²) in [7, 11) is 0. The molecular weight excluding hydrogens is 268 g/mol. The zero-order chi connectivity index (χ0) is 13.8. The summed E-state index contributed by atoms with van der Waals surface area (Å²) < 4.78 is 0. The highest BCUT2D eigenvalue weighted by atomic mass is 35.5. The summed E-state index contributed by atoms with van der Waals surface area (Å²) in [5.74, 6) is 0.707. The van der Waals surface area contributed by atoms with Crippen LogP contribution in [-0.2, 0) is 0 Å². The Bertz CT molecular complexity index is 463. The molecule has 104 valence electrons. The van der Waals surface area contributed by atoms with Crippen LogP contribution in [0, 0.1) is 16.0 Å². The van der Waals surface area contributed by atoms with E-state index in [2.05, 4.69) is 10.3 Å². The molecule has 0 radical (unpaired) electrons. The monoisotopic (exact) mass is 284 g/mol. The van der Waals surface area contributed by atoms with Crippen molar-refractivity contribution in [1.82, 2.24) is 4.98 Å². The van der Waals surface area contributed by atoms with Crippen molar-refractivity contribution in [1.29, 1.82) is 0 Å². The normalized spacial score (nSPS) is 17.4. The summed E-state index contributed by atoms with van der Waals surface area (Å²) in [6.45, 7) is 0.437. The number of halogens is 1. The molecule has 1 aromatic heterocycles. The molecule has 1 aromatic rings. The molecule has 1 unspecified atom stereocenters. The number of anilines is 1. The lowest BCUT2D eigenvalue weighted by atomic mass is 9.98. The van der Waals surface area contributed by atoms with Crippen molar-refractivity contribution in [3.63, 3.8) is 0 Å². The predicted octanol–water partition coefficient (Wildman–Crippen LogP) is 2.57. The summed E-state index contributed by atoms with van der Waals surface area (Å²) >= 11 is 5.74. The molecule has 1 fully saturated rings. The Hall–Kier alpha value is -1.40. The topological polar surface area (TPSA) is 94.1 Å². The Morgan fingerprint density at radius 3 is 2.84 bits per heavy atom. The number of nitro groups is 1. The largest absolute Gasteiger partial charge is 0.360 e. The molecule has 0 aromatic carbocycles. The minimum atomic E-state index is -0.483. The number of nitrogens with two attached hydrogens (primary N) is 1. The van der Waals surface area contributed by atoms with Gasteiger partial charge in [0.1, 0.15) is 0 Å². The van der Waals surface area contributed by atoms with Crippen LogP contribution in [0.4, 0.5) is 11.5 Å². The molecule has 1 aliphatic rings. The fraction of sp³-hybridized carbons (Fsp3) is 0.583. The van der Waals surface area contributed by atoms with E-state index in [0.29, 0.717) is 12.5 Å². The Labute approximate surface area is 116 Å². The number of nitrogens with zero attached hydrogens (tertiary/aromatic N) is 2. The van der Waals surface area contributed by atoms with Crippen molar-refractivity contribution in [3.05, 3.63) is 27.4 Å². The second kappa shape index (κ2) is 6.16. The molecule has 0 saturated heterocycles. The first-order chi connectivity index (χ1) is 9.11. The highest BCUT2D eigenvalue weighted by molar-refractivity contribution is 6.30. The van der Waals surface area contributed by atoms with E-state index in [-0.39, 0.29) is 22.6 Å². The van der Waals surface area contributed by atoms with E-state index in [4.69, 9.17) is 17.3 Å². The highest BCUT2D eigenvalue weighted by Crippen LogP contribution is 2.31. The average Bonchev–Trinajstić information content (AvgIpc) is 2.90. The van der Waals surface area contributed by atoms with Gasteiger partial charge in [0, 0.05) is 24.8 Å². The Kier molecular flexibility index (Phi) is 4.55. The Morgan fingerprint density at radius 1 is 1.58 bits per heavy atom. The zero-order valence-electron chi connectivity index (χ0n) is 10.5. The molecule has 7 heteroatoms. The maximum Gasteiger partial charge on any atom is 0.312 e. The van der Waals surface area contributed by atoms with Crippen LogP contribution in [0.5, 0.6) is 0 Å². The van der Waals surface area contributed by atoms with E-state index in [1.165, 1.54) is 25.1 Å². The molecule has 1 aliphatic carbocycles. The van der Waals surface area contributed by atoms with Gasteiger partial charge in [-0.05, 0) is 18.8 Å². The standard InChI is InChI=1S/C12H17ClN4O2/c13-9-5-11(17(18)19)12(15-7-9)16-10(6-14)8-3-1-2-4-8/h5,7-8,10H,1-4,6,14H2,(H,15,16). The first kappa shape index (κ1) is 14.0. The van der Waals surface area contributed by atoms with E-state index >= 15 is 0 Å². The molecule has 0 aliphatic heterocycles. The Morgan fingerprint density at radius 2 is 2.26 bits per heavy atom. The predicted molar refractivity (Wildman–Crippen MR) is 74.3 cm³/mol. The lowest BCUT2D eigenvalue weighted by Crippen LogP contribution is -2.35. The molecule has 0 bridgehead atoms. The minimum absolute atomic E-state index is 0.0230. The van der Waals surface area contributed by atoms with Gasteiger partial charge in [0.15, 0.2) is 0 Å². The summed E-state index contributed by atoms with van der Waals surface area (Å²) in [5.41, 5.74) is 5.66. The Balaban J connectivity index is 2.18. The van der Waals surface area contributed by atoms with Gasteiger partial charge >= 0.3 is 5.69 Å². The number of hydrogen-bond donors (Lipinski definition) is 2. The van der Waals surface area contributed by atoms with Gasteiger partial charge in [0.2, 0.25) is 5.82 Å². The third-order valence-corrected chi connectivity index (χ3v) is 3.78. The first-order valence-electron chi connectivity index (χ1n) is 6.38. The first-order valence-corrected chi connectivity index (χ1v) is 6.76. The smallest absolute Gasteiger partial charge is 0.312 e. The lowest BCUT2D eigenvalue weighted by molar-refractivity contribution is -0.384. The summed E-state index contributed by atoms with van der Waals surface area (Å²) in [6, 6.07) is 1.33. The molecule has 2 rings (SSSR count). The zero-order valence-corrected chi connectivity index (χ0v) is 11.3. The van der Waals surface area contributed by atoms with Crippen LogP contribution in [0.25, 0.3) is 0 Å². The van der Waals surface area contributed by atoms with Gasteiger partial charge in [-0.2, -0.15) is 0 Å². The van der Waals surface area contributed by atoms with E-state index in [1.54, 1.807) is 0 Å². The van der Waals surface area contributed by atoms with Gasteiger partial charge < -0.3 is 11.1 Å². The molecule has 6 nitrogen and oxygen atoms in total. The van der Waals surface area contributed by atoms with Crippen molar-refractivity contribution >= 4 is 23.1 Å². The fourth-order valence-corrected chi connectivity index (χ4v) is 2.74. The van der Waals surface area contributed by atoms with Crippen LogP contribution < -0.4 is 11.1 Å². The molecule has 0 amide bonds. The molecule has 3 N–H and O–H groups in total. The van der Waals surface area contributed by atoms with E-state index in [9.17, 15) is 10.1 Å². The number of pyridine rings is 1. The maximum atomic E-state index is 11.0. The van der Waals surface area contributed by atoms with Crippen molar-refractivity contribution < 1.29 is 4.92 Å². The number of rotatable bonds is 5. The van der Waals surface area contributed by atoms with Crippen molar-refractivity contribution in [3.8, 4) is 0 Å². The van der Waals surface area contributed by atoms with E-state index < -0.39 is 4.92 Å².